The summed E-state index contributed by atoms with van der Waals surface area (Å²) in [5, 5.41) is 5.70. The normalized spacial score (nSPS) is 15.6. The number of carbonyl (C=O) groups excluding carboxylic acids is 2. The van der Waals surface area contributed by atoms with Crippen LogP contribution < -0.4 is 16.4 Å². The second kappa shape index (κ2) is 12.9. The minimum atomic E-state index is -0.164. The molecule has 1 aliphatic rings. The average Bonchev–Trinajstić information content (AvgIpc) is 2.77. The van der Waals surface area contributed by atoms with Gasteiger partial charge in [-0.15, -0.1) is 24.8 Å². The van der Waals surface area contributed by atoms with Crippen LogP contribution in [0, 0.1) is 0 Å². The van der Waals surface area contributed by atoms with Crippen molar-refractivity contribution in [2.24, 2.45) is 5.73 Å². The van der Waals surface area contributed by atoms with Gasteiger partial charge in [-0.25, -0.2) is 0 Å². The highest BCUT2D eigenvalue weighted by Gasteiger charge is 2.13. The summed E-state index contributed by atoms with van der Waals surface area (Å²) in [6.07, 6.45) is 5.14. The third kappa shape index (κ3) is 9.38. The van der Waals surface area contributed by atoms with Crippen molar-refractivity contribution >= 4 is 48.0 Å². The van der Waals surface area contributed by atoms with E-state index in [4.69, 9.17) is 5.73 Å². The SMILES string of the molecule is CC(N)CC(=O)Nc1ccc(NC(=O)CN2CCCCCC2)cc1.Cl.Cl. The molecule has 2 rings (SSSR count). The quantitative estimate of drug-likeness (QED) is 0.679. The highest BCUT2D eigenvalue weighted by atomic mass is 35.5. The van der Waals surface area contributed by atoms with Gasteiger partial charge in [0.1, 0.15) is 0 Å². The zero-order valence-corrected chi connectivity index (χ0v) is 16.8. The minimum Gasteiger partial charge on any atom is -0.327 e. The monoisotopic (exact) mass is 404 g/mol. The molecular formula is C18H30Cl2N4O2. The number of benzene rings is 1. The predicted octanol–water partition coefficient (Wildman–Crippen LogP) is 3.02. The van der Waals surface area contributed by atoms with Crippen molar-refractivity contribution in [2.45, 2.75) is 45.1 Å². The lowest BCUT2D eigenvalue weighted by Gasteiger charge is -2.19. The van der Waals surface area contributed by atoms with Crippen LogP contribution in [0.1, 0.15) is 39.0 Å². The lowest BCUT2D eigenvalue weighted by atomic mass is 10.2. The van der Waals surface area contributed by atoms with Crippen molar-refractivity contribution in [2.75, 3.05) is 30.3 Å². The van der Waals surface area contributed by atoms with Crippen molar-refractivity contribution in [1.82, 2.24) is 4.90 Å². The number of rotatable bonds is 6. The van der Waals surface area contributed by atoms with Crippen LogP contribution in [0.3, 0.4) is 0 Å². The van der Waals surface area contributed by atoms with Crippen molar-refractivity contribution in [3.8, 4) is 0 Å². The number of hydrogen-bond donors (Lipinski definition) is 3. The van der Waals surface area contributed by atoms with Gasteiger partial charge in [-0.2, -0.15) is 0 Å². The van der Waals surface area contributed by atoms with Crippen LogP contribution >= 0.6 is 24.8 Å². The summed E-state index contributed by atoms with van der Waals surface area (Å²) in [7, 11) is 0. The molecule has 1 aromatic rings. The molecule has 1 heterocycles. The molecule has 1 unspecified atom stereocenters. The van der Waals surface area contributed by atoms with E-state index in [-0.39, 0.29) is 49.1 Å². The number of anilines is 2. The number of nitrogens with zero attached hydrogens (tertiary/aromatic N) is 1. The van der Waals surface area contributed by atoms with Gasteiger partial charge in [0.25, 0.3) is 0 Å². The number of amides is 2. The van der Waals surface area contributed by atoms with Crippen LogP contribution in [0.25, 0.3) is 0 Å². The maximum atomic E-state index is 12.1. The molecule has 0 aromatic heterocycles. The van der Waals surface area contributed by atoms with E-state index >= 15 is 0 Å². The van der Waals surface area contributed by atoms with Crippen LogP contribution in [-0.2, 0) is 9.59 Å². The first-order chi connectivity index (χ1) is 11.5. The average molecular weight is 405 g/mol. The zero-order valence-electron chi connectivity index (χ0n) is 15.2. The van der Waals surface area contributed by atoms with Crippen LogP contribution in [0.15, 0.2) is 24.3 Å². The second-order valence-electron chi connectivity index (χ2n) is 6.55. The molecule has 1 atom stereocenters. The fraction of sp³-hybridized carbons (Fsp3) is 0.556. The molecule has 1 aliphatic heterocycles. The molecule has 1 saturated heterocycles. The summed E-state index contributed by atoms with van der Waals surface area (Å²) in [5.74, 6) is -0.103. The zero-order chi connectivity index (χ0) is 17.4. The predicted molar refractivity (Wildman–Crippen MR) is 111 cm³/mol. The third-order valence-electron chi connectivity index (χ3n) is 4.03. The van der Waals surface area contributed by atoms with E-state index < -0.39 is 0 Å². The summed E-state index contributed by atoms with van der Waals surface area (Å²) < 4.78 is 0. The lowest BCUT2D eigenvalue weighted by molar-refractivity contribution is -0.117. The summed E-state index contributed by atoms with van der Waals surface area (Å²) in [5.41, 5.74) is 7.04. The molecule has 0 spiro atoms. The molecule has 6 nitrogen and oxygen atoms in total. The number of nitrogens with one attached hydrogen (secondary N) is 2. The van der Waals surface area contributed by atoms with Crippen LogP contribution in [0.5, 0.6) is 0 Å². The Morgan fingerprint density at radius 1 is 0.962 bits per heavy atom. The summed E-state index contributed by atoms with van der Waals surface area (Å²) in [6, 6.07) is 6.98. The fourth-order valence-corrected chi connectivity index (χ4v) is 2.84. The van der Waals surface area contributed by atoms with Gasteiger partial charge in [-0.3, -0.25) is 14.5 Å². The minimum absolute atomic E-state index is 0. The standard InChI is InChI=1S/C18H28N4O2.2ClH/c1-14(19)12-17(23)20-15-6-8-16(9-7-15)21-18(24)13-22-10-4-2-3-5-11-22;;/h6-9,14H,2-5,10-13,19H2,1H3,(H,20,23)(H,21,24);2*1H. The van der Waals surface area contributed by atoms with Crippen LogP contribution in [0.4, 0.5) is 11.4 Å². The Morgan fingerprint density at radius 3 is 1.88 bits per heavy atom. The number of nitrogens with two attached hydrogens (primary N) is 1. The molecule has 8 heteroatoms. The first-order valence-electron chi connectivity index (χ1n) is 8.70. The molecule has 0 aliphatic carbocycles. The molecule has 1 aromatic carbocycles. The molecule has 0 radical (unpaired) electrons. The Bertz CT molecular complexity index is 545. The van der Waals surface area contributed by atoms with E-state index in [0.717, 1.165) is 18.8 Å². The van der Waals surface area contributed by atoms with E-state index in [9.17, 15) is 9.59 Å². The molecule has 0 bridgehead atoms. The number of carbonyl (C=O) groups is 2. The molecule has 1 fully saturated rings. The Hall–Kier alpha value is -1.34. The Labute approximate surface area is 168 Å². The van der Waals surface area contributed by atoms with Gasteiger partial charge in [-0.1, -0.05) is 12.8 Å². The highest BCUT2D eigenvalue weighted by Crippen LogP contribution is 2.14. The topological polar surface area (TPSA) is 87.5 Å². The highest BCUT2D eigenvalue weighted by molar-refractivity contribution is 5.93. The molecule has 2 amide bonds. The van der Waals surface area contributed by atoms with Gasteiger partial charge in [0.05, 0.1) is 6.54 Å². The van der Waals surface area contributed by atoms with Crippen molar-refractivity contribution in [3.05, 3.63) is 24.3 Å². The summed E-state index contributed by atoms with van der Waals surface area (Å²) >= 11 is 0. The van der Waals surface area contributed by atoms with Gasteiger partial charge < -0.3 is 16.4 Å². The van der Waals surface area contributed by atoms with Gasteiger partial charge in [0, 0.05) is 23.8 Å². The molecule has 0 saturated carbocycles. The Balaban J connectivity index is 0.00000312. The molecule has 148 valence electrons. The first-order valence-corrected chi connectivity index (χ1v) is 8.70. The van der Waals surface area contributed by atoms with E-state index in [2.05, 4.69) is 15.5 Å². The largest absolute Gasteiger partial charge is 0.327 e. The number of likely N-dealkylation sites (tertiary alicyclic amines) is 1. The molecular weight excluding hydrogens is 375 g/mol. The van der Waals surface area contributed by atoms with Gasteiger partial charge in [0.2, 0.25) is 11.8 Å². The van der Waals surface area contributed by atoms with Gasteiger partial charge in [-0.05, 0) is 57.1 Å². The maximum absolute atomic E-state index is 12.1. The summed E-state index contributed by atoms with van der Waals surface area (Å²) in [6.45, 7) is 4.23. The van der Waals surface area contributed by atoms with E-state index in [1.165, 1.54) is 25.7 Å². The number of hydrogen-bond acceptors (Lipinski definition) is 4. The lowest BCUT2D eigenvalue weighted by Crippen LogP contribution is -2.33. The van der Waals surface area contributed by atoms with E-state index in [1.807, 2.05) is 0 Å². The molecule has 4 N–H and O–H groups in total. The smallest absolute Gasteiger partial charge is 0.238 e. The van der Waals surface area contributed by atoms with Crippen LogP contribution in [-0.4, -0.2) is 42.4 Å². The second-order valence-corrected chi connectivity index (χ2v) is 6.55. The van der Waals surface area contributed by atoms with Gasteiger partial charge >= 0.3 is 0 Å². The van der Waals surface area contributed by atoms with Crippen LogP contribution in [0.2, 0.25) is 0 Å². The first kappa shape index (κ1) is 24.7. The maximum Gasteiger partial charge on any atom is 0.238 e. The van der Waals surface area contributed by atoms with Crippen molar-refractivity contribution in [3.63, 3.8) is 0 Å². The summed E-state index contributed by atoms with van der Waals surface area (Å²) in [4.78, 5) is 26.0. The third-order valence-corrected chi connectivity index (χ3v) is 4.03. The Kier molecular flexibility index (Phi) is 12.3. The molecule has 26 heavy (non-hydrogen) atoms. The van der Waals surface area contributed by atoms with Crippen molar-refractivity contribution in [1.29, 1.82) is 0 Å². The fourth-order valence-electron chi connectivity index (χ4n) is 2.84. The van der Waals surface area contributed by atoms with Gasteiger partial charge in [0.15, 0.2) is 0 Å². The Morgan fingerprint density at radius 2 is 1.42 bits per heavy atom. The van der Waals surface area contributed by atoms with E-state index in [0.29, 0.717) is 12.2 Å². The van der Waals surface area contributed by atoms with E-state index in [1.54, 1.807) is 31.2 Å². The van der Waals surface area contributed by atoms with Crippen molar-refractivity contribution < 1.29 is 9.59 Å². The number of halogens is 2.